The molecule has 0 spiro atoms. The molecule has 3 aromatic rings. The number of hydrogen-bond acceptors (Lipinski definition) is 3. The van der Waals surface area contributed by atoms with E-state index in [-0.39, 0.29) is 15.6 Å². The van der Waals surface area contributed by atoms with Gasteiger partial charge in [-0.3, -0.25) is 4.79 Å². The molecular formula is C22H17ClF3NO3S. The van der Waals surface area contributed by atoms with Gasteiger partial charge in [0.2, 0.25) is 0 Å². The third-order valence-corrected chi connectivity index (χ3v) is 6.07. The number of benzene rings is 3. The molecule has 4 nitrogen and oxygen atoms in total. The highest BCUT2D eigenvalue weighted by Crippen LogP contribution is 2.34. The van der Waals surface area contributed by atoms with Crippen LogP contribution >= 0.6 is 11.6 Å². The number of rotatable bonds is 4. The van der Waals surface area contributed by atoms with Crippen molar-refractivity contribution in [2.75, 3.05) is 11.6 Å². The third-order valence-electron chi connectivity index (χ3n) is 4.63. The molecule has 0 saturated carbocycles. The first-order valence-electron chi connectivity index (χ1n) is 8.95. The molecule has 1 N–H and O–H groups in total. The van der Waals surface area contributed by atoms with Crippen molar-refractivity contribution in [1.82, 2.24) is 0 Å². The molecule has 0 aliphatic carbocycles. The lowest BCUT2D eigenvalue weighted by molar-refractivity contribution is -0.167. The number of halogens is 4. The summed E-state index contributed by atoms with van der Waals surface area (Å²) in [7, 11) is -3.28. The van der Waals surface area contributed by atoms with Crippen LogP contribution in [0.3, 0.4) is 0 Å². The number of hydrogen-bond donors (Lipinski definition) is 1. The maximum Gasteiger partial charge on any atom is 0.471 e. The van der Waals surface area contributed by atoms with Crippen molar-refractivity contribution < 1.29 is 26.4 Å². The Labute approximate surface area is 182 Å². The highest BCUT2D eigenvalue weighted by atomic mass is 35.5. The number of amides is 1. The molecule has 0 atom stereocenters. The molecule has 9 heteroatoms. The van der Waals surface area contributed by atoms with Crippen LogP contribution in [0.25, 0.3) is 22.3 Å². The second-order valence-corrected chi connectivity index (χ2v) is 9.40. The SMILES string of the molecule is Cc1cc(-c2ccc(-c3ccc(S(C)(=O)=O)cc3)cc2)c(Cl)cc1NC(=O)C(F)(F)F. The van der Waals surface area contributed by atoms with Crippen molar-refractivity contribution in [1.29, 1.82) is 0 Å². The second-order valence-electron chi connectivity index (χ2n) is 6.97. The van der Waals surface area contributed by atoms with Gasteiger partial charge in [-0.05, 0) is 53.4 Å². The molecule has 0 unspecified atom stereocenters. The predicted octanol–water partition coefficient (Wildman–Crippen LogP) is 5.89. The van der Waals surface area contributed by atoms with Crippen molar-refractivity contribution in [2.24, 2.45) is 0 Å². The summed E-state index contributed by atoms with van der Waals surface area (Å²) in [4.78, 5) is 11.4. The molecule has 0 fully saturated rings. The average Bonchev–Trinajstić information content (AvgIpc) is 2.69. The van der Waals surface area contributed by atoms with E-state index in [0.717, 1.165) is 22.9 Å². The van der Waals surface area contributed by atoms with Gasteiger partial charge in [-0.15, -0.1) is 0 Å². The quantitative estimate of drug-likeness (QED) is 0.520. The summed E-state index contributed by atoms with van der Waals surface area (Å²) >= 11 is 6.26. The Morgan fingerprint density at radius 1 is 0.903 bits per heavy atom. The lowest BCUT2D eigenvalue weighted by Gasteiger charge is -2.14. The fourth-order valence-corrected chi connectivity index (χ4v) is 3.87. The maximum absolute atomic E-state index is 12.5. The first-order chi connectivity index (χ1) is 14.4. The van der Waals surface area contributed by atoms with Crippen LogP contribution in [-0.2, 0) is 14.6 Å². The first kappa shape index (κ1) is 22.8. The van der Waals surface area contributed by atoms with Crippen LogP contribution in [0.15, 0.2) is 65.6 Å². The van der Waals surface area contributed by atoms with Gasteiger partial charge in [0.05, 0.1) is 9.92 Å². The summed E-state index contributed by atoms with van der Waals surface area (Å²) in [5.74, 6) is -2.06. The van der Waals surface area contributed by atoms with Crippen LogP contribution in [0, 0.1) is 6.92 Å². The maximum atomic E-state index is 12.5. The van der Waals surface area contributed by atoms with E-state index in [0.29, 0.717) is 11.1 Å². The molecule has 3 aromatic carbocycles. The van der Waals surface area contributed by atoms with Crippen LogP contribution in [-0.4, -0.2) is 26.8 Å². The monoisotopic (exact) mass is 467 g/mol. The van der Waals surface area contributed by atoms with Crippen molar-refractivity contribution in [3.05, 3.63) is 71.2 Å². The number of alkyl halides is 3. The van der Waals surface area contributed by atoms with Crippen molar-refractivity contribution in [2.45, 2.75) is 18.0 Å². The van der Waals surface area contributed by atoms with Gasteiger partial charge >= 0.3 is 12.1 Å². The number of sulfone groups is 1. The highest BCUT2D eigenvalue weighted by Gasteiger charge is 2.38. The normalized spacial score (nSPS) is 11.9. The Kier molecular flexibility index (Phi) is 6.16. The van der Waals surface area contributed by atoms with E-state index in [1.54, 1.807) is 37.3 Å². The van der Waals surface area contributed by atoms with E-state index in [1.165, 1.54) is 18.2 Å². The van der Waals surface area contributed by atoms with E-state index in [2.05, 4.69) is 0 Å². The van der Waals surface area contributed by atoms with E-state index in [1.807, 2.05) is 17.4 Å². The third kappa shape index (κ3) is 5.26. The molecule has 0 heterocycles. The smallest absolute Gasteiger partial charge is 0.318 e. The average molecular weight is 468 g/mol. The summed E-state index contributed by atoms with van der Waals surface area (Å²) in [5.41, 5.74) is 3.43. The second kappa shape index (κ2) is 8.36. The fourth-order valence-electron chi connectivity index (χ4n) is 2.97. The number of nitrogens with one attached hydrogen (secondary N) is 1. The predicted molar refractivity (Wildman–Crippen MR) is 115 cm³/mol. The van der Waals surface area contributed by atoms with Gasteiger partial charge in [0.1, 0.15) is 0 Å². The minimum atomic E-state index is -4.99. The van der Waals surface area contributed by atoms with Gasteiger partial charge in [-0.2, -0.15) is 13.2 Å². The number of anilines is 1. The Morgan fingerprint density at radius 2 is 1.39 bits per heavy atom. The Morgan fingerprint density at radius 3 is 1.87 bits per heavy atom. The van der Waals surface area contributed by atoms with Gasteiger partial charge in [0.15, 0.2) is 9.84 Å². The summed E-state index contributed by atoms with van der Waals surface area (Å²) in [6.45, 7) is 1.57. The lowest BCUT2D eigenvalue weighted by atomic mass is 9.98. The van der Waals surface area contributed by atoms with Crippen molar-refractivity contribution in [3.63, 3.8) is 0 Å². The molecule has 0 saturated heterocycles. The Balaban J connectivity index is 1.87. The number of carbonyl (C=O) groups excluding carboxylic acids is 1. The molecule has 3 rings (SSSR count). The van der Waals surface area contributed by atoms with Crippen LogP contribution in [0.1, 0.15) is 5.56 Å². The van der Waals surface area contributed by atoms with E-state index in [9.17, 15) is 26.4 Å². The Bertz CT molecular complexity index is 1240. The van der Waals surface area contributed by atoms with E-state index in [4.69, 9.17) is 11.6 Å². The highest BCUT2D eigenvalue weighted by molar-refractivity contribution is 7.90. The molecule has 0 radical (unpaired) electrons. The first-order valence-corrected chi connectivity index (χ1v) is 11.2. The zero-order valence-corrected chi connectivity index (χ0v) is 18.0. The number of aryl methyl sites for hydroxylation is 1. The van der Waals surface area contributed by atoms with Gasteiger partial charge in [-0.1, -0.05) is 48.0 Å². The van der Waals surface area contributed by atoms with Gasteiger partial charge < -0.3 is 5.32 Å². The van der Waals surface area contributed by atoms with Crippen LogP contribution in [0.5, 0.6) is 0 Å². The van der Waals surface area contributed by atoms with Gasteiger partial charge in [0, 0.05) is 17.5 Å². The zero-order valence-electron chi connectivity index (χ0n) is 16.4. The van der Waals surface area contributed by atoms with Crippen molar-refractivity contribution in [3.8, 4) is 22.3 Å². The molecule has 0 aromatic heterocycles. The van der Waals surface area contributed by atoms with E-state index < -0.39 is 21.9 Å². The molecule has 0 aliphatic heterocycles. The molecular weight excluding hydrogens is 451 g/mol. The fraction of sp³-hybridized carbons (Fsp3) is 0.136. The summed E-state index contributed by atoms with van der Waals surface area (Å²) in [5, 5.41) is 2.01. The van der Waals surface area contributed by atoms with Crippen molar-refractivity contribution >= 4 is 33.0 Å². The zero-order chi connectivity index (χ0) is 23.0. The minimum Gasteiger partial charge on any atom is -0.318 e. The van der Waals surface area contributed by atoms with Crippen LogP contribution in [0.4, 0.5) is 18.9 Å². The molecule has 0 aliphatic rings. The summed E-state index contributed by atoms with van der Waals surface area (Å²) in [6.07, 6.45) is -3.85. The summed E-state index contributed by atoms with van der Waals surface area (Å²) < 4.78 is 60.6. The molecule has 31 heavy (non-hydrogen) atoms. The van der Waals surface area contributed by atoms with Crippen LogP contribution in [0.2, 0.25) is 5.02 Å². The standard InChI is InChI=1S/C22H17ClF3NO3S/c1-13-11-18(19(23)12-20(13)27-21(28)22(24,25)26)16-5-3-14(4-6-16)15-7-9-17(10-8-15)31(2,29)30/h3-12H,1-2H3,(H,27,28). The molecule has 162 valence electrons. The number of carbonyl (C=O) groups is 1. The summed E-state index contributed by atoms with van der Waals surface area (Å²) in [6, 6.07) is 16.6. The van der Waals surface area contributed by atoms with Crippen LogP contribution < -0.4 is 5.32 Å². The largest absolute Gasteiger partial charge is 0.471 e. The molecule has 1 amide bonds. The minimum absolute atomic E-state index is 0.0151. The molecule has 0 bridgehead atoms. The van der Waals surface area contributed by atoms with E-state index >= 15 is 0 Å². The Hall–Kier alpha value is -2.84. The topological polar surface area (TPSA) is 63.2 Å². The van der Waals surface area contributed by atoms with Gasteiger partial charge in [0.25, 0.3) is 0 Å². The van der Waals surface area contributed by atoms with Gasteiger partial charge in [-0.25, -0.2) is 8.42 Å². The lowest BCUT2D eigenvalue weighted by Crippen LogP contribution is -2.30.